The number of quaternary nitrogens is 1. The number of hydrogen-bond acceptors (Lipinski definition) is 4. The van der Waals surface area contributed by atoms with Crippen molar-refractivity contribution in [1.29, 1.82) is 5.41 Å². The molecule has 3 N–H and O–H groups in total. The third-order valence-electron chi connectivity index (χ3n) is 4.82. The molecule has 1 saturated heterocycles. The van der Waals surface area contributed by atoms with Crippen LogP contribution in [0.3, 0.4) is 0 Å². The first-order chi connectivity index (χ1) is 12.7. The van der Waals surface area contributed by atoms with Crippen molar-refractivity contribution in [1.82, 2.24) is 14.9 Å². The van der Waals surface area contributed by atoms with E-state index in [0.717, 1.165) is 35.1 Å². The number of pyridine rings is 2. The Labute approximate surface area is 160 Å². The molecule has 2 aromatic heterocycles. The highest BCUT2D eigenvalue weighted by Crippen LogP contribution is 2.20. The SMILES string of the molecule is CCC(=N)C(=C[NH2+]CCCN1CCCC1)c1cnc2ccc(Cl)nc2c1. The number of halogens is 1. The number of likely N-dealkylation sites (tertiary alicyclic amines) is 1. The first-order valence-electron chi connectivity index (χ1n) is 9.43. The van der Waals surface area contributed by atoms with Gasteiger partial charge in [-0.3, -0.25) is 4.98 Å². The van der Waals surface area contributed by atoms with Crippen LogP contribution in [-0.2, 0) is 0 Å². The lowest BCUT2D eigenvalue weighted by molar-refractivity contribution is -0.587. The molecule has 0 atom stereocenters. The van der Waals surface area contributed by atoms with Crippen LogP contribution in [-0.4, -0.2) is 46.8 Å². The minimum atomic E-state index is 0.459. The molecule has 0 radical (unpaired) electrons. The van der Waals surface area contributed by atoms with Gasteiger partial charge in [-0.15, -0.1) is 0 Å². The van der Waals surface area contributed by atoms with Crippen molar-refractivity contribution in [3.63, 3.8) is 0 Å². The molecule has 5 nitrogen and oxygen atoms in total. The van der Waals surface area contributed by atoms with Gasteiger partial charge in [0.1, 0.15) is 11.4 Å². The van der Waals surface area contributed by atoms with Gasteiger partial charge in [-0.1, -0.05) is 18.5 Å². The minimum Gasteiger partial charge on any atom is -0.319 e. The van der Waals surface area contributed by atoms with E-state index in [9.17, 15) is 0 Å². The van der Waals surface area contributed by atoms with E-state index < -0.39 is 0 Å². The van der Waals surface area contributed by atoms with Crippen molar-refractivity contribution in [3.8, 4) is 0 Å². The normalized spacial score (nSPS) is 15.7. The summed E-state index contributed by atoms with van der Waals surface area (Å²) in [6.45, 7) is 6.71. The highest BCUT2D eigenvalue weighted by Gasteiger charge is 2.12. The molecule has 1 aliphatic heterocycles. The number of fused-ring (bicyclic) bond motifs is 1. The Hall–Kier alpha value is -1.82. The molecule has 26 heavy (non-hydrogen) atoms. The molecule has 1 aliphatic rings. The van der Waals surface area contributed by atoms with Crippen LogP contribution in [0.5, 0.6) is 0 Å². The standard InChI is InChI=1S/C20H26ClN5/c1-2-17(22)16(14-23-8-5-11-26-9-3-4-10-26)15-12-19-18(24-13-15)6-7-20(21)25-19/h6-7,12-14,22-23H,2-5,8-11H2,1H3/p+1. The molecule has 3 heterocycles. The molecule has 0 aliphatic carbocycles. The molecule has 0 saturated carbocycles. The van der Waals surface area contributed by atoms with Crippen molar-refractivity contribution in [2.24, 2.45) is 0 Å². The first kappa shape index (κ1) is 19.0. The predicted molar refractivity (Wildman–Crippen MR) is 108 cm³/mol. The zero-order valence-electron chi connectivity index (χ0n) is 15.3. The Morgan fingerprint density at radius 1 is 1.31 bits per heavy atom. The minimum absolute atomic E-state index is 0.459. The van der Waals surface area contributed by atoms with Crippen molar-refractivity contribution >= 4 is 33.9 Å². The average molecular weight is 373 g/mol. The van der Waals surface area contributed by atoms with Gasteiger partial charge in [-0.05, 0) is 50.6 Å². The molecular formula is C20H27ClN5+. The summed E-state index contributed by atoms with van der Waals surface area (Å²) in [6.07, 6.45) is 8.43. The lowest BCUT2D eigenvalue weighted by atomic mass is 10.0. The Morgan fingerprint density at radius 3 is 2.88 bits per heavy atom. The second-order valence-electron chi connectivity index (χ2n) is 6.74. The molecular weight excluding hydrogens is 346 g/mol. The van der Waals surface area contributed by atoms with E-state index in [1.165, 1.54) is 32.5 Å². The molecule has 0 unspecified atom stereocenters. The number of nitrogens with zero attached hydrogens (tertiary/aromatic N) is 3. The van der Waals surface area contributed by atoms with E-state index in [0.29, 0.717) is 17.3 Å². The van der Waals surface area contributed by atoms with Crippen LogP contribution in [0.25, 0.3) is 16.6 Å². The van der Waals surface area contributed by atoms with E-state index >= 15 is 0 Å². The molecule has 0 spiro atoms. The second kappa shape index (κ2) is 9.21. The van der Waals surface area contributed by atoms with E-state index in [1.807, 2.05) is 25.3 Å². The Balaban J connectivity index is 1.69. The average Bonchev–Trinajstić information content (AvgIpc) is 3.17. The molecule has 3 rings (SSSR count). The molecule has 0 aromatic carbocycles. The first-order valence-corrected chi connectivity index (χ1v) is 9.81. The molecule has 2 aromatic rings. The van der Waals surface area contributed by atoms with Gasteiger partial charge in [0.2, 0.25) is 0 Å². The van der Waals surface area contributed by atoms with Crippen molar-refractivity contribution in [2.75, 3.05) is 26.2 Å². The molecule has 6 heteroatoms. The van der Waals surface area contributed by atoms with Gasteiger partial charge in [0.25, 0.3) is 0 Å². The molecule has 0 amide bonds. The molecule has 138 valence electrons. The Kier molecular flexibility index (Phi) is 6.72. The van der Waals surface area contributed by atoms with Crippen molar-refractivity contribution < 1.29 is 5.32 Å². The zero-order chi connectivity index (χ0) is 18.4. The van der Waals surface area contributed by atoms with Gasteiger partial charge in [-0.25, -0.2) is 4.98 Å². The van der Waals surface area contributed by atoms with Gasteiger partial charge in [0.05, 0.1) is 23.2 Å². The van der Waals surface area contributed by atoms with Crippen LogP contribution in [0.2, 0.25) is 5.15 Å². The third-order valence-corrected chi connectivity index (χ3v) is 5.03. The summed E-state index contributed by atoms with van der Waals surface area (Å²) < 4.78 is 0. The Bertz CT molecular complexity index is 796. The summed E-state index contributed by atoms with van der Waals surface area (Å²) in [7, 11) is 0. The molecule has 0 bridgehead atoms. The fourth-order valence-corrected chi connectivity index (χ4v) is 3.48. The maximum atomic E-state index is 8.33. The van der Waals surface area contributed by atoms with Crippen LogP contribution < -0.4 is 5.32 Å². The third kappa shape index (κ3) is 4.87. The van der Waals surface area contributed by atoms with E-state index in [1.54, 1.807) is 6.07 Å². The van der Waals surface area contributed by atoms with Crippen LogP contribution in [0.15, 0.2) is 30.6 Å². The van der Waals surface area contributed by atoms with E-state index in [4.69, 9.17) is 17.0 Å². The van der Waals surface area contributed by atoms with Gasteiger partial charge in [0, 0.05) is 30.4 Å². The lowest BCUT2D eigenvalue weighted by Gasteiger charge is -2.13. The number of allylic oxidation sites excluding steroid dienone is 1. The number of nitrogens with two attached hydrogens (primary N) is 1. The predicted octanol–water partition coefficient (Wildman–Crippen LogP) is 3.10. The summed E-state index contributed by atoms with van der Waals surface area (Å²) in [6, 6.07) is 5.59. The van der Waals surface area contributed by atoms with Crippen LogP contribution in [0.4, 0.5) is 0 Å². The van der Waals surface area contributed by atoms with Crippen molar-refractivity contribution in [2.45, 2.75) is 32.6 Å². The number of nitrogens with one attached hydrogen (secondary N) is 1. The maximum absolute atomic E-state index is 8.33. The van der Waals surface area contributed by atoms with E-state index in [2.05, 4.69) is 26.4 Å². The number of rotatable bonds is 8. The van der Waals surface area contributed by atoms with Crippen molar-refractivity contribution in [3.05, 3.63) is 41.3 Å². The monoisotopic (exact) mass is 372 g/mol. The summed E-state index contributed by atoms with van der Waals surface area (Å²) in [5.74, 6) is 0. The summed E-state index contributed by atoms with van der Waals surface area (Å²) in [4.78, 5) is 11.4. The van der Waals surface area contributed by atoms with Gasteiger partial charge in [-0.2, -0.15) is 0 Å². The highest BCUT2D eigenvalue weighted by atomic mass is 35.5. The lowest BCUT2D eigenvalue weighted by Crippen LogP contribution is -2.78. The fourth-order valence-electron chi connectivity index (χ4n) is 3.33. The van der Waals surface area contributed by atoms with Gasteiger partial charge >= 0.3 is 0 Å². The maximum Gasteiger partial charge on any atom is 0.129 e. The summed E-state index contributed by atoms with van der Waals surface area (Å²) >= 11 is 6.01. The second-order valence-corrected chi connectivity index (χ2v) is 7.12. The van der Waals surface area contributed by atoms with E-state index in [-0.39, 0.29) is 0 Å². The smallest absolute Gasteiger partial charge is 0.129 e. The van der Waals surface area contributed by atoms with Gasteiger partial charge in [0.15, 0.2) is 0 Å². The number of hydrogen-bond donors (Lipinski definition) is 2. The Morgan fingerprint density at radius 2 is 2.12 bits per heavy atom. The summed E-state index contributed by atoms with van der Waals surface area (Å²) in [5.41, 5.74) is 4.04. The van der Waals surface area contributed by atoms with Crippen LogP contribution in [0, 0.1) is 5.41 Å². The fraction of sp³-hybridized carbons (Fsp3) is 0.450. The number of aromatic nitrogens is 2. The molecule has 1 fully saturated rings. The van der Waals surface area contributed by atoms with Crippen LogP contribution >= 0.6 is 11.6 Å². The topological polar surface area (TPSA) is 69.5 Å². The quantitative estimate of drug-likeness (QED) is 0.425. The van der Waals surface area contributed by atoms with Gasteiger partial charge < -0.3 is 15.6 Å². The highest BCUT2D eigenvalue weighted by molar-refractivity contribution is 6.29. The summed E-state index contributed by atoms with van der Waals surface area (Å²) in [5, 5.41) is 11.0. The van der Waals surface area contributed by atoms with Crippen LogP contribution in [0.1, 0.15) is 38.2 Å². The largest absolute Gasteiger partial charge is 0.319 e. The zero-order valence-corrected chi connectivity index (χ0v) is 16.1.